The summed E-state index contributed by atoms with van der Waals surface area (Å²) in [5, 5.41) is 15.5. The Hall–Kier alpha value is -1.59. The molecule has 5 heteroatoms. The zero-order valence-electron chi connectivity index (χ0n) is 14.2. The average Bonchev–Trinajstić information content (AvgIpc) is 2.94. The van der Waals surface area contributed by atoms with Crippen LogP contribution in [0.25, 0.3) is 0 Å². The summed E-state index contributed by atoms with van der Waals surface area (Å²) >= 11 is 0. The number of amides is 1. The number of aliphatic hydroxyl groups excluding tert-OH is 1. The minimum atomic E-state index is -0.427. The molecule has 1 aliphatic rings. The summed E-state index contributed by atoms with van der Waals surface area (Å²) in [6.07, 6.45) is 1.08. The largest absolute Gasteiger partial charge is 0.494 e. The Morgan fingerprint density at radius 1 is 1.35 bits per heavy atom. The highest BCUT2D eigenvalue weighted by Gasteiger charge is 2.28. The third kappa shape index (κ3) is 5.52. The van der Waals surface area contributed by atoms with Crippen molar-refractivity contribution in [2.45, 2.75) is 51.8 Å². The second-order valence-corrected chi connectivity index (χ2v) is 6.68. The van der Waals surface area contributed by atoms with Crippen LogP contribution in [-0.4, -0.2) is 36.3 Å². The molecule has 1 heterocycles. The number of hydrogen-bond donors (Lipinski definition) is 3. The van der Waals surface area contributed by atoms with Gasteiger partial charge in [0, 0.05) is 6.54 Å². The molecular weight excluding hydrogens is 292 g/mol. The third-order valence-corrected chi connectivity index (χ3v) is 4.13. The second-order valence-electron chi connectivity index (χ2n) is 6.68. The molecule has 23 heavy (non-hydrogen) atoms. The van der Waals surface area contributed by atoms with E-state index in [1.807, 2.05) is 31.2 Å². The van der Waals surface area contributed by atoms with E-state index >= 15 is 0 Å². The van der Waals surface area contributed by atoms with Gasteiger partial charge in [0.15, 0.2) is 0 Å². The van der Waals surface area contributed by atoms with Gasteiger partial charge >= 0.3 is 0 Å². The number of carbonyl (C=O) groups excluding carboxylic acids is 1. The molecular formula is C18H28N2O3. The number of aliphatic hydroxyl groups is 1. The molecule has 0 aliphatic carbocycles. The molecule has 3 atom stereocenters. The van der Waals surface area contributed by atoms with E-state index in [1.54, 1.807) is 0 Å². The maximum absolute atomic E-state index is 12.1. The smallest absolute Gasteiger partial charge is 0.237 e. The highest BCUT2D eigenvalue weighted by Crippen LogP contribution is 2.19. The van der Waals surface area contributed by atoms with E-state index in [2.05, 4.69) is 24.5 Å². The summed E-state index contributed by atoms with van der Waals surface area (Å²) in [6, 6.07) is 7.46. The molecule has 3 unspecified atom stereocenters. The summed E-state index contributed by atoms with van der Waals surface area (Å²) < 4.78 is 5.70. The van der Waals surface area contributed by atoms with E-state index in [1.165, 1.54) is 0 Å². The Kier molecular flexibility index (Phi) is 6.42. The first-order valence-corrected chi connectivity index (χ1v) is 8.40. The van der Waals surface area contributed by atoms with Crippen LogP contribution < -0.4 is 15.4 Å². The molecule has 0 bridgehead atoms. The van der Waals surface area contributed by atoms with Gasteiger partial charge in [-0.3, -0.25) is 4.79 Å². The Morgan fingerprint density at radius 3 is 2.61 bits per heavy atom. The molecule has 0 saturated carbocycles. The first-order valence-electron chi connectivity index (χ1n) is 8.40. The van der Waals surface area contributed by atoms with Gasteiger partial charge in [-0.2, -0.15) is 0 Å². The van der Waals surface area contributed by atoms with Gasteiger partial charge < -0.3 is 20.5 Å². The fourth-order valence-electron chi connectivity index (χ4n) is 2.58. The lowest BCUT2D eigenvalue weighted by atomic mass is 10.1. The molecule has 0 spiro atoms. The van der Waals surface area contributed by atoms with E-state index in [0.717, 1.165) is 24.3 Å². The minimum Gasteiger partial charge on any atom is -0.494 e. The molecule has 3 N–H and O–H groups in total. The molecule has 0 aromatic heterocycles. The van der Waals surface area contributed by atoms with E-state index in [0.29, 0.717) is 18.9 Å². The van der Waals surface area contributed by atoms with Crippen LogP contribution in [0.4, 0.5) is 0 Å². The molecule has 1 amide bonds. The van der Waals surface area contributed by atoms with E-state index in [9.17, 15) is 9.90 Å². The highest BCUT2D eigenvalue weighted by molar-refractivity contribution is 5.82. The summed E-state index contributed by atoms with van der Waals surface area (Å²) in [7, 11) is 0. The molecule has 1 aliphatic heterocycles. The number of nitrogens with one attached hydrogen (secondary N) is 2. The van der Waals surface area contributed by atoms with Crippen molar-refractivity contribution >= 4 is 5.91 Å². The first-order chi connectivity index (χ1) is 11.0. The Labute approximate surface area is 138 Å². The summed E-state index contributed by atoms with van der Waals surface area (Å²) in [4.78, 5) is 12.1. The number of carbonyl (C=O) groups is 1. The van der Waals surface area contributed by atoms with Crippen molar-refractivity contribution in [2.24, 2.45) is 5.92 Å². The molecule has 5 nitrogen and oxygen atoms in total. The van der Waals surface area contributed by atoms with E-state index in [-0.39, 0.29) is 18.0 Å². The molecule has 1 fully saturated rings. The monoisotopic (exact) mass is 320 g/mol. The summed E-state index contributed by atoms with van der Waals surface area (Å²) in [5.74, 6) is 1.42. The van der Waals surface area contributed by atoms with Crippen LogP contribution in [0.15, 0.2) is 24.3 Å². The van der Waals surface area contributed by atoms with Crippen LogP contribution in [-0.2, 0) is 4.79 Å². The number of ether oxygens (including phenoxy) is 1. The van der Waals surface area contributed by atoms with Crippen molar-refractivity contribution in [3.8, 4) is 5.75 Å². The number of β-amino-alcohol motifs (C(OH)–C–C–N with tert-alkyl or cyclic N) is 1. The standard InChI is InChI=1S/C18H28N2O3/c1-12(2)8-9-23-16-6-4-14(5-7-16)13(3)20-18(22)17-10-15(21)11-19-17/h4-7,12-13,15,17,19,21H,8-11H2,1-3H3,(H,20,22). The van der Waals surface area contributed by atoms with Crippen molar-refractivity contribution < 1.29 is 14.6 Å². The number of benzene rings is 1. The maximum atomic E-state index is 12.1. The van der Waals surface area contributed by atoms with Crippen LogP contribution in [0.1, 0.15) is 45.2 Å². The predicted octanol–water partition coefficient (Wildman–Crippen LogP) is 2.01. The Bertz CT molecular complexity index is 501. The van der Waals surface area contributed by atoms with Crippen LogP contribution >= 0.6 is 0 Å². The zero-order valence-corrected chi connectivity index (χ0v) is 14.2. The average molecular weight is 320 g/mol. The lowest BCUT2D eigenvalue weighted by Crippen LogP contribution is -2.41. The topological polar surface area (TPSA) is 70.6 Å². The zero-order chi connectivity index (χ0) is 16.8. The van der Waals surface area contributed by atoms with Gasteiger partial charge in [0.05, 0.1) is 24.8 Å². The predicted molar refractivity (Wildman–Crippen MR) is 90.4 cm³/mol. The van der Waals surface area contributed by atoms with Gasteiger partial charge in [-0.1, -0.05) is 26.0 Å². The van der Waals surface area contributed by atoms with E-state index < -0.39 is 6.10 Å². The van der Waals surface area contributed by atoms with Crippen LogP contribution in [0.3, 0.4) is 0 Å². The van der Waals surface area contributed by atoms with Gasteiger partial charge in [-0.25, -0.2) is 0 Å². The summed E-state index contributed by atoms with van der Waals surface area (Å²) in [6.45, 7) is 7.51. The normalized spacial score (nSPS) is 22.1. The van der Waals surface area contributed by atoms with Crippen LogP contribution in [0, 0.1) is 5.92 Å². The van der Waals surface area contributed by atoms with Crippen molar-refractivity contribution in [1.29, 1.82) is 0 Å². The Balaban J connectivity index is 1.82. The van der Waals surface area contributed by atoms with Gasteiger partial charge in [-0.05, 0) is 43.4 Å². The van der Waals surface area contributed by atoms with Crippen LogP contribution in [0.2, 0.25) is 0 Å². The lowest BCUT2D eigenvalue weighted by Gasteiger charge is -2.18. The molecule has 128 valence electrons. The summed E-state index contributed by atoms with van der Waals surface area (Å²) in [5.41, 5.74) is 1.04. The number of hydrogen-bond acceptors (Lipinski definition) is 4. The van der Waals surface area contributed by atoms with Crippen molar-refractivity contribution in [3.05, 3.63) is 29.8 Å². The van der Waals surface area contributed by atoms with Gasteiger partial charge in [0.25, 0.3) is 0 Å². The minimum absolute atomic E-state index is 0.0636. The molecule has 1 aromatic carbocycles. The molecule has 2 rings (SSSR count). The first kappa shape index (κ1) is 17.8. The fourth-order valence-corrected chi connectivity index (χ4v) is 2.58. The molecule has 1 saturated heterocycles. The highest BCUT2D eigenvalue weighted by atomic mass is 16.5. The molecule has 1 aromatic rings. The molecule has 0 radical (unpaired) electrons. The van der Waals surface area contributed by atoms with E-state index in [4.69, 9.17) is 4.74 Å². The van der Waals surface area contributed by atoms with Crippen molar-refractivity contribution in [2.75, 3.05) is 13.2 Å². The van der Waals surface area contributed by atoms with Gasteiger partial charge in [-0.15, -0.1) is 0 Å². The SMILES string of the molecule is CC(C)CCOc1ccc(C(C)NC(=O)C2CC(O)CN2)cc1. The van der Waals surface area contributed by atoms with Crippen molar-refractivity contribution in [1.82, 2.24) is 10.6 Å². The fraction of sp³-hybridized carbons (Fsp3) is 0.611. The maximum Gasteiger partial charge on any atom is 0.237 e. The van der Waals surface area contributed by atoms with Gasteiger partial charge in [0.2, 0.25) is 5.91 Å². The second kappa shape index (κ2) is 8.31. The quantitative estimate of drug-likeness (QED) is 0.719. The van der Waals surface area contributed by atoms with Gasteiger partial charge in [0.1, 0.15) is 5.75 Å². The Morgan fingerprint density at radius 2 is 2.04 bits per heavy atom. The number of rotatable bonds is 7. The lowest BCUT2D eigenvalue weighted by molar-refractivity contribution is -0.123. The van der Waals surface area contributed by atoms with Crippen molar-refractivity contribution in [3.63, 3.8) is 0 Å². The van der Waals surface area contributed by atoms with Crippen LogP contribution in [0.5, 0.6) is 5.75 Å². The third-order valence-electron chi connectivity index (χ3n) is 4.13.